The van der Waals surface area contributed by atoms with E-state index in [2.05, 4.69) is 10.2 Å². The summed E-state index contributed by atoms with van der Waals surface area (Å²) in [6.45, 7) is 0. The van der Waals surface area contributed by atoms with Crippen LogP contribution in [0.2, 0.25) is 0 Å². The Bertz CT molecular complexity index is 205. The largest absolute Gasteiger partial charge is 0.158 e. The van der Waals surface area contributed by atoms with Crippen molar-refractivity contribution in [1.29, 1.82) is 0 Å². The zero-order valence-electron chi connectivity index (χ0n) is 4.20. The van der Waals surface area contributed by atoms with Gasteiger partial charge >= 0.3 is 0 Å². The van der Waals surface area contributed by atoms with E-state index in [1.165, 1.54) is 0 Å². The fourth-order valence-electron chi connectivity index (χ4n) is 0.778. The van der Waals surface area contributed by atoms with E-state index in [0.29, 0.717) is 0 Å². The fraction of sp³-hybridized carbons (Fsp3) is 0. The second kappa shape index (κ2) is 1.15. The standard InChI is InChI=1S/C6H4N2/c1-2-5-4-7-8-6(5)3-1/h1-4H. The lowest BCUT2D eigenvalue weighted by Gasteiger charge is -1.79. The van der Waals surface area contributed by atoms with Gasteiger partial charge in [0.2, 0.25) is 0 Å². The fourth-order valence-corrected chi connectivity index (χ4v) is 0.778. The van der Waals surface area contributed by atoms with Gasteiger partial charge in [-0.2, -0.15) is 10.2 Å². The third-order valence-corrected chi connectivity index (χ3v) is 1.19. The molecule has 0 amide bonds. The molecule has 0 unspecified atom stereocenters. The molecule has 0 saturated heterocycles. The first-order valence-corrected chi connectivity index (χ1v) is 2.46. The summed E-state index contributed by atoms with van der Waals surface area (Å²) in [6.07, 6.45) is 7.67. The molecule has 2 heteroatoms. The summed E-state index contributed by atoms with van der Waals surface area (Å²) in [5, 5.41) is 7.54. The minimum absolute atomic E-state index is 0.991. The van der Waals surface area contributed by atoms with Gasteiger partial charge in [-0.1, -0.05) is 12.2 Å². The van der Waals surface area contributed by atoms with Crippen molar-refractivity contribution in [3.8, 4) is 0 Å². The van der Waals surface area contributed by atoms with Crippen LogP contribution in [0, 0.1) is 0 Å². The summed E-state index contributed by atoms with van der Waals surface area (Å²) < 4.78 is 0. The lowest BCUT2D eigenvalue weighted by atomic mass is 10.2. The van der Waals surface area contributed by atoms with E-state index in [9.17, 15) is 0 Å². The van der Waals surface area contributed by atoms with Crippen LogP contribution in [-0.4, -0.2) is 11.9 Å². The molecule has 0 aromatic heterocycles. The molecule has 1 aliphatic heterocycles. The topological polar surface area (TPSA) is 24.7 Å². The van der Waals surface area contributed by atoms with Crippen molar-refractivity contribution >= 4 is 11.9 Å². The maximum Gasteiger partial charge on any atom is 0.0945 e. The van der Waals surface area contributed by atoms with Gasteiger partial charge in [-0.3, -0.25) is 0 Å². The minimum Gasteiger partial charge on any atom is -0.158 e. The number of rotatable bonds is 0. The normalized spacial score (nSPS) is 21.0. The SMILES string of the molecule is C1=CC2=NN=CC2=C1. The Balaban J connectivity index is 2.59. The van der Waals surface area contributed by atoms with Crippen LogP contribution in [0.25, 0.3) is 0 Å². The van der Waals surface area contributed by atoms with Gasteiger partial charge in [0.1, 0.15) is 0 Å². The Labute approximate surface area is 46.9 Å². The highest BCUT2D eigenvalue weighted by Crippen LogP contribution is 2.10. The summed E-state index contributed by atoms with van der Waals surface area (Å²) in [5.41, 5.74) is 2.12. The number of nitrogens with zero attached hydrogens (tertiary/aromatic N) is 2. The molecule has 2 nitrogen and oxygen atoms in total. The van der Waals surface area contributed by atoms with E-state index < -0.39 is 0 Å². The molecule has 0 N–H and O–H groups in total. The molecule has 0 atom stereocenters. The first-order chi connectivity index (χ1) is 3.97. The average molecular weight is 104 g/mol. The monoisotopic (exact) mass is 104 g/mol. The van der Waals surface area contributed by atoms with Crippen LogP contribution in [0.3, 0.4) is 0 Å². The molecule has 38 valence electrons. The number of hydrogen-bond donors (Lipinski definition) is 0. The second-order valence-corrected chi connectivity index (χ2v) is 1.71. The Morgan fingerprint density at radius 3 is 3.25 bits per heavy atom. The molecule has 8 heavy (non-hydrogen) atoms. The van der Waals surface area contributed by atoms with Crippen molar-refractivity contribution in [2.45, 2.75) is 0 Å². The third-order valence-electron chi connectivity index (χ3n) is 1.19. The zero-order chi connectivity index (χ0) is 5.40. The predicted octanol–water partition coefficient (Wildman–Crippen LogP) is 0.923. The summed E-state index contributed by atoms with van der Waals surface area (Å²) in [5.74, 6) is 0. The van der Waals surface area contributed by atoms with Gasteiger partial charge in [0.15, 0.2) is 0 Å². The lowest BCUT2D eigenvalue weighted by Crippen LogP contribution is -1.88. The molecule has 0 aromatic carbocycles. The van der Waals surface area contributed by atoms with Gasteiger partial charge in [0.25, 0.3) is 0 Å². The van der Waals surface area contributed by atoms with Crippen LogP contribution in [0.1, 0.15) is 0 Å². The quantitative estimate of drug-likeness (QED) is 0.436. The number of allylic oxidation sites excluding steroid dienone is 4. The first-order valence-electron chi connectivity index (χ1n) is 2.46. The highest BCUT2D eigenvalue weighted by molar-refractivity contribution is 6.25. The first kappa shape index (κ1) is 3.78. The molecular weight excluding hydrogens is 100 g/mol. The van der Waals surface area contributed by atoms with Crippen LogP contribution >= 0.6 is 0 Å². The molecule has 1 heterocycles. The molecule has 2 rings (SSSR count). The van der Waals surface area contributed by atoms with Gasteiger partial charge < -0.3 is 0 Å². The Kier molecular flexibility index (Phi) is 0.545. The highest BCUT2D eigenvalue weighted by atomic mass is 15.2. The molecule has 0 spiro atoms. The van der Waals surface area contributed by atoms with Crippen LogP contribution in [0.15, 0.2) is 34.0 Å². The van der Waals surface area contributed by atoms with Gasteiger partial charge in [-0.15, -0.1) is 0 Å². The molecular formula is C6H4N2. The van der Waals surface area contributed by atoms with Crippen molar-refractivity contribution in [3.63, 3.8) is 0 Å². The average Bonchev–Trinajstić information content (AvgIpc) is 2.15. The lowest BCUT2D eigenvalue weighted by molar-refractivity contribution is 1.28. The smallest absolute Gasteiger partial charge is 0.0945 e. The summed E-state index contributed by atoms with van der Waals surface area (Å²) in [4.78, 5) is 0. The molecule has 0 radical (unpaired) electrons. The van der Waals surface area contributed by atoms with Crippen LogP contribution in [-0.2, 0) is 0 Å². The van der Waals surface area contributed by atoms with E-state index in [4.69, 9.17) is 0 Å². The van der Waals surface area contributed by atoms with Crippen molar-refractivity contribution < 1.29 is 0 Å². The van der Waals surface area contributed by atoms with Gasteiger partial charge in [0.05, 0.1) is 11.9 Å². The predicted molar refractivity (Wildman–Crippen MR) is 33.1 cm³/mol. The molecule has 0 aromatic rings. The maximum atomic E-state index is 3.83. The number of hydrogen-bond acceptors (Lipinski definition) is 2. The van der Waals surface area contributed by atoms with E-state index in [0.717, 1.165) is 11.3 Å². The maximum absolute atomic E-state index is 3.83. The van der Waals surface area contributed by atoms with Crippen molar-refractivity contribution in [3.05, 3.63) is 23.8 Å². The molecule has 0 bridgehead atoms. The van der Waals surface area contributed by atoms with Gasteiger partial charge in [-0.25, -0.2) is 0 Å². The van der Waals surface area contributed by atoms with E-state index in [1.807, 2.05) is 18.2 Å². The molecule has 0 saturated carbocycles. The van der Waals surface area contributed by atoms with Crippen molar-refractivity contribution in [2.75, 3.05) is 0 Å². The summed E-state index contributed by atoms with van der Waals surface area (Å²) >= 11 is 0. The van der Waals surface area contributed by atoms with E-state index in [1.54, 1.807) is 6.21 Å². The van der Waals surface area contributed by atoms with Crippen LogP contribution in [0.4, 0.5) is 0 Å². The van der Waals surface area contributed by atoms with Crippen LogP contribution < -0.4 is 0 Å². The third kappa shape index (κ3) is 0.320. The van der Waals surface area contributed by atoms with Gasteiger partial charge in [0, 0.05) is 5.57 Å². The van der Waals surface area contributed by atoms with Crippen molar-refractivity contribution in [1.82, 2.24) is 0 Å². The Hall–Kier alpha value is -1.18. The highest BCUT2D eigenvalue weighted by Gasteiger charge is 2.08. The van der Waals surface area contributed by atoms with E-state index in [-0.39, 0.29) is 0 Å². The summed E-state index contributed by atoms with van der Waals surface area (Å²) in [6, 6.07) is 0. The van der Waals surface area contributed by atoms with Crippen LogP contribution in [0.5, 0.6) is 0 Å². The van der Waals surface area contributed by atoms with Crippen molar-refractivity contribution in [2.24, 2.45) is 10.2 Å². The molecule has 2 aliphatic rings. The molecule has 1 aliphatic carbocycles. The zero-order valence-corrected chi connectivity index (χ0v) is 4.20. The number of fused-ring (bicyclic) bond motifs is 1. The second-order valence-electron chi connectivity index (χ2n) is 1.71. The molecule has 0 fully saturated rings. The van der Waals surface area contributed by atoms with Gasteiger partial charge in [-0.05, 0) is 6.08 Å². The summed E-state index contributed by atoms with van der Waals surface area (Å²) in [7, 11) is 0. The van der Waals surface area contributed by atoms with E-state index >= 15 is 0 Å². The Morgan fingerprint density at radius 2 is 2.38 bits per heavy atom. The Morgan fingerprint density at radius 1 is 1.38 bits per heavy atom. The minimum atomic E-state index is 0.991.